The zero-order chi connectivity index (χ0) is 15.4. The highest BCUT2D eigenvalue weighted by Gasteiger charge is 2.08. The molecule has 0 aliphatic carbocycles. The lowest BCUT2D eigenvalue weighted by Crippen LogP contribution is -2.04. The molecular weight excluding hydrogens is 311 g/mol. The first-order valence-electron chi connectivity index (χ1n) is 6.25. The Kier molecular flexibility index (Phi) is 5.04. The third-order valence-corrected chi connectivity index (χ3v) is 3.45. The van der Waals surface area contributed by atoms with Crippen LogP contribution in [0.25, 0.3) is 0 Å². The summed E-state index contributed by atoms with van der Waals surface area (Å²) in [5.74, 6) is -0.352. The van der Waals surface area contributed by atoms with Gasteiger partial charge in [0.25, 0.3) is 0 Å². The van der Waals surface area contributed by atoms with Crippen LogP contribution in [-0.4, -0.2) is 18.1 Å². The van der Waals surface area contributed by atoms with Crippen molar-refractivity contribution < 1.29 is 9.53 Å². The molecule has 0 saturated heterocycles. The van der Waals surface area contributed by atoms with Crippen molar-refractivity contribution in [3.8, 4) is 0 Å². The van der Waals surface area contributed by atoms with E-state index < -0.39 is 0 Å². The van der Waals surface area contributed by atoms with Gasteiger partial charge in [-0.2, -0.15) is 0 Å². The summed E-state index contributed by atoms with van der Waals surface area (Å²) in [5, 5.41) is 3.92. The number of benzene rings is 1. The number of aryl methyl sites for hydroxylation is 1. The third-order valence-electron chi connectivity index (χ3n) is 2.99. The third kappa shape index (κ3) is 3.86. The van der Waals surface area contributed by atoms with E-state index in [-0.39, 0.29) is 5.97 Å². The summed E-state index contributed by atoms with van der Waals surface area (Å²) in [6, 6.07) is 8.89. The number of rotatable bonds is 4. The van der Waals surface area contributed by atoms with E-state index in [4.69, 9.17) is 23.2 Å². The second-order valence-corrected chi connectivity index (χ2v) is 5.22. The molecule has 0 radical (unpaired) electrons. The highest BCUT2D eigenvalue weighted by Crippen LogP contribution is 2.26. The largest absolute Gasteiger partial charge is 0.465 e. The summed E-state index contributed by atoms with van der Waals surface area (Å²) in [7, 11) is 1.36. The van der Waals surface area contributed by atoms with Gasteiger partial charge >= 0.3 is 5.97 Å². The van der Waals surface area contributed by atoms with Gasteiger partial charge in [-0.15, -0.1) is 0 Å². The van der Waals surface area contributed by atoms with Crippen molar-refractivity contribution >= 4 is 34.9 Å². The molecule has 1 N–H and O–H groups in total. The fraction of sp³-hybridized carbons (Fsp3) is 0.200. The van der Waals surface area contributed by atoms with Crippen molar-refractivity contribution in [3.05, 3.63) is 57.3 Å². The summed E-state index contributed by atoms with van der Waals surface area (Å²) in [5.41, 5.74) is 3.20. The number of methoxy groups -OCH3 is 1. The Bertz CT molecular complexity index is 634. The maximum atomic E-state index is 11.3. The van der Waals surface area contributed by atoms with Gasteiger partial charge in [0.15, 0.2) is 5.15 Å². The lowest BCUT2D eigenvalue weighted by atomic mass is 10.1. The average molecular weight is 325 g/mol. The molecule has 0 spiro atoms. The van der Waals surface area contributed by atoms with Gasteiger partial charge in [-0.25, -0.2) is 9.78 Å². The Morgan fingerprint density at radius 1 is 1.29 bits per heavy atom. The van der Waals surface area contributed by atoms with E-state index in [2.05, 4.69) is 15.0 Å². The highest BCUT2D eigenvalue weighted by molar-refractivity contribution is 6.34. The average Bonchev–Trinajstić information content (AvgIpc) is 2.46. The second-order valence-electron chi connectivity index (χ2n) is 4.47. The minimum Gasteiger partial charge on any atom is -0.465 e. The Balaban J connectivity index is 2.08. The molecule has 0 unspecified atom stereocenters. The first-order valence-corrected chi connectivity index (χ1v) is 7.00. The number of carbonyl (C=O) groups excluding carboxylic acids is 1. The molecule has 0 aliphatic heterocycles. The fourth-order valence-electron chi connectivity index (χ4n) is 1.87. The zero-order valence-corrected chi connectivity index (χ0v) is 13.1. The number of nitrogens with one attached hydrogen (secondary N) is 1. The number of halogens is 2. The molecule has 0 amide bonds. The van der Waals surface area contributed by atoms with Crippen molar-refractivity contribution in [1.82, 2.24) is 4.98 Å². The molecule has 1 aromatic heterocycles. The maximum Gasteiger partial charge on any atom is 0.337 e. The number of hydrogen-bond acceptors (Lipinski definition) is 4. The van der Waals surface area contributed by atoms with Crippen LogP contribution in [0, 0.1) is 6.92 Å². The standard InChI is InChI=1S/C15H14Cl2N2O2/c1-9-7-12(16)19-14(17)13(9)18-8-10-3-5-11(6-4-10)15(20)21-2/h3-7,18H,8H2,1-2H3. The van der Waals surface area contributed by atoms with Crippen LogP contribution < -0.4 is 5.32 Å². The molecule has 0 saturated carbocycles. The first kappa shape index (κ1) is 15.6. The van der Waals surface area contributed by atoms with Crippen LogP contribution in [0.1, 0.15) is 21.5 Å². The Labute approximate surface area is 133 Å². The van der Waals surface area contributed by atoms with Gasteiger partial charge in [0.2, 0.25) is 0 Å². The molecule has 6 heteroatoms. The van der Waals surface area contributed by atoms with Gasteiger partial charge in [0.1, 0.15) is 5.15 Å². The topological polar surface area (TPSA) is 51.2 Å². The van der Waals surface area contributed by atoms with Crippen molar-refractivity contribution in [1.29, 1.82) is 0 Å². The van der Waals surface area contributed by atoms with E-state index in [1.807, 2.05) is 19.1 Å². The predicted octanol–water partition coefficient (Wildman–Crippen LogP) is 4.10. The molecule has 4 nitrogen and oxygen atoms in total. The van der Waals surface area contributed by atoms with E-state index in [1.165, 1.54) is 7.11 Å². The minimum atomic E-state index is -0.352. The maximum absolute atomic E-state index is 11.3. The normalized spacial score (nSPS) is 10.3. The van der Waals surface area contributed by atoms with Gasteiger partial charge in [-0.05, 0) is 36.2 Å². The van der Waals surface area contributed by atoms with E-state index in [0.717, 1.165) is 16.8 Å². The lowest BCUT2D eigenvalue weighted by Gasteiger charge is -2.11. The Hall–Kier alpha value is -1.78. The highest BCUT2D eigenvalue weighted by atomic mass is 35.5. The SMILES string of the molecule is COC(=O)c1ccc(CNc2c(C)cc(Cl)nc2Cl)cc1. The number of nitrogens with zero attached hydrogens (tertiary/aromatic N) is 1. The molecule has 0 atom stereocenters. The fourth-order valence-corrected chi connectivity index (χ4v) is 2.47. The molecule has 110 valence electrons. The van der Waals surface area contributed by atoms with Crippen LogP contribution in [0.4, 0.5) is 5.69 Å². The number of hydrogen-bond donors (Lipinski definition) is 1. The summed E-state index contributed by atoms with van der Waals surface area (Å²) in [4.78, 5) is 15.4. The Morgan fingerprint density at radius 2 is 1.95 bits per heavy atom. The summed E-state index contributed by atoms with van der Waals surface area (Å²) in [6.45, 7) is 2.47. The van der Waals surface area contributed by atoms with Crippen molar-refractivity contribution in [2.75, 3.05) is 12.4 Å². The van der Waals surface area contributed by atoms with Crippen LogP contribution >= 0.6 is 23.2 Å². The molecule has 0 fully saturated rings. The second kappa shape index (κ2) is 6.78. The number of carbonyl (C=O) groups is 1. The van der Waals surface area contributed by atoms with E-state index in [0.29, 0.717) is 22.4 Å². The molecule has 21 heavy (non-hydrogen) atoms. The molecule has 2 rings (SSSR count). The molecule has 0 aliphatic rings. The van der Waals surface area contributed by atoms with Crippen LogP contribution in [0.3, 0.4) is 0 Å². The molecule has 0 bridgehead atoms. The van der Waals surface area contributed by atoms with Crippen molar-refractivity contribution in [2.24, 2.45) is 0 Å². The number of ether oxygens (including phenoxy) is 1. The number of aromatic nitrogens is 1. The molecular formula is C15H14Cl2N2O2. The monoisotopic (exact) mass is 324 g/mol. The summed E-state index contributed by atoms with van der Waals surface area (Å²) in [6.07, 6.45) is 0. The molecule has 1 heterocycles. The van der Waals surface area contributed by atoms with Crippen molar-refractivity contribution in [2.45, 2.75) is 13.5 Å². The summed E-state index contributed by atoms with van der Waals surface area (Å²) < 4.78 is 4.66. The van der Waals surface area contributed by atoms with Gasteiger partial charge < -0.3 is 10.1 Å². The van der Waals surface area contributed by atoms with Crippen LogP contribution in [0.2, 0.25) is 10.3 Å². The minimum absolute atomic E-state index is 0.339. The number of esters is 1. The van der Waals surface area contributed by atoms with Gasteiger partial charge in [-0.1, -0.05) is 35.3 Å². The molecule has 2 aromatic rings. The number of anilines is 1. The predicted molar refractivity (Wildman–Crippen MR) is 84.1 cm³/mol. The van der Waals surface area contributed by atoms with Gasteiger partial charge in [-0.3, -0.25) is 0 Å². The quantitative estimate of drug-likeness (QED) is 0.679. The van der Waals surface area contributed by atoms with Gasteiger partial charge in [0, 0.05) is 6.54 Å². The molecule has 1 aromatic carbocycles. The van der Waals surface area contributed by atoms with Crippen LogP contribution in [0.5, 0.6) is 0 Å². The Morgan fingerprint density at radius 3 is 2.52 bits per heavy atom. The zero-order valence-electron chi connectivity index (χ0n) is 11.6. The smallest absolute Gasteiger partial charge is 0.337 e. The van der Waals surface area contributed by atoms with Crippen LogP contribution in [-0.2, 0) is 11.3 Å². The lowest BCUT2D eigenvalue weighted by molar-refractivity contribution is 0.0600. The van der Waals surface area contributed by atoms with E-state index in [9.17, 15) is 4.79 Å². The first-order chi connectivity index (χ1) is 10.0. The summed E-state index contributed by atoms with van der Waals surface area (Å²) >= 11 is 11.9. The van der Waals surface area contributed by atoms with E-state index >= 15 is 0 Å². The van der Waals surface area contributed by atoms with E-state index in [1.54, 1.807) is 18.2 Å². The van der Waals surface area contributed by atoms with Crippen LogP contribution in [0.15, 0.2) is 30.3 Å². The van der Waals surface area contributed by atoms with Gasteiger partial charge in [0.05, 0.1) is 18.4 Å². The number of pyridine rings is 1. The van der Waals surface area contributed by atoms with Crippen molar-refractivity contribution in [3.63, 3.8) is 0 Å².